The Morgan fingerprint density at radius 1 is 1.39 bits per heavy atom. The molecule has 1 amide bonds. The van der Waals surface area contributed by atoms with Gasteiger partial charge in [0.05, 0.1) is 37.3 Å². The number of methoxy groups -OCH3 is 1. The van der Waals surface area contributed by atoms with Crippen LogP contribution in [0, 0.1) is 0 Å². The number of ether oxygens (including phenoxy) is 2. The van der Waals surface area contributed by atoms with Crippen molar-refractivity contribution in [1.82, 2.24) is 19.3 Å². The Kier molecular flexibility index (Phi) is 6.93. The van der Waals surface area contributed by atoms with Crippen LogP contribution in [0.2, 0.25) is 0 Å². The van der Waals surface area contributed by atoms with Crippen LogP contribution < -0.4 is 10.6 Å². The van der Waals surface area contributed by atoms with Crippen LogP contribution in [0.3, 0.4) is 0 Å². The summed E-state index contributed by atoms with van der Waals surface area (Å²) in [4.78, 5) is 29.4. The summed E-state index contributed by atoms with van der Waals surface area (Å²) in [5, 5.41) is 11.2. The highest BCUT2D eigenvalue weighted by atomic mass is 16.5. The van der Waals surface area contributed by atoms with Crippen LogP contribution in [-0.2, 0) is 27.4 Å². The maximum absolute atomic E-state index is 12.8. The summed E-state index contributed by atoms with van der Waals surface area (Å²) in [6.45, 7) is 5.45. The molecule has 3 aromatic rings. The highest BCUT2D eigenvalue weighted by molar-refractivity contribution is 6.10. The molecule has 1 saturated heterocycles. The number of carbonyl (C=O) groups excluding carboxylic acids is 2. The second-order valence-electron chi connectivity index (χ2n) is 8.34. The molecule has 0 bridgehead atoms. The molecule has 4 heterocycles. The second kappa shape index (κ2) is 10.0. The van der Waals surface area contributed by atoms with Crippen molar-refractivity contribution in [1.29, 1.82) is 0 Å². The zero-order chi connectivity index (χ0) is 23.4. The predicted molar refractivity (Wildman–Crippen MR) is 124 cm³/mol. The Morgan fingerprint density at radius 3 is 2.91 bits per heavy atom. The number of aromatic nitrogens is 4. The number of carbonyl (C=O) groups is 2. The minimum absolute atomic E-state index is 0.0175. The Bertz CT molecular complexity index is 1120. The molecular weight excluding hydrogens is 424 g/mol. The van der Waals surface area contributed by atoms with Crippen LogP contribution >= 0.6 is 0 Å². The highest BCUT2D eigenvalue weighted by Crippen LogP contribution is 2.34. The number of hydrogen-bond donors (Lipinski definition) is 2. The molecule has 0 saturated carbocycles. The average molecular weight is 455 g/mol. The van der Waals surface area contributed by atoms with Crippen LogP contribution in [0.1, 0.15) is 43.6 Å². The molecule has 3 aromatic heterocycles. The van der Waals surface area contributed by atoms with Gasteiger partial charge in [0, 0.05) is 43.9 Å². The standard InChI is InChI=1S/C23H30N6O4/c1-15(7-10-28-9-5-8-25-28)26-17-12-19-20(27-16(2)30)21(23(31)32-3)29(22(19)24-13-17)14-18-6-4-11-33-18/h5,8-9,12-13,15,18,26H,4,6-7,10-11,14H2,1-3H3,(H,27,30). The summed E-state index contributed by atoms with van der Waals surface area (Å²) in [6, 6.07) is 3.97. The van der Waals surface area contributed by atoms with E-state index in [-0.39, 0.29) is 23.7 Å². The molecule has 33 heavy (non-hydrogen) atoms. The number of amides is 1. The van der Waals surface area contributed by atoms with Crippen LogP contribution in [0.25, 0.3) is 11.0 Å². The maximum atomic E-state index is 12.8. The molecule has 2 unspecified atom stereocenters. The molecule has 0 aromatic carbocycles. The molecule has 10 heteroatoms. The number of nitrogens with zero attached hydrogens (tertiary/aromatic N) is 4. The zero-order valence-corrected chi connectivity index (χ0v) is 19.2. The largest absolute Gasteiger partial charge is 0.464 e. The van der Waals surface area contributed by atoms with E-state index in [9.17, 15) is 9.59 Å². The fraction of sp³-hybridized carbons (Fsp3) is 0.478. The van der Waals surface area contributed by atoms with Gasteiger partial charge in [-0.3, -0.25) is 9.48 Å². The van der Waals surface area contributed by atoms with Crippen molar-refractivity contribution in [3.63, 3.8) is 0 Å². The minimum Gasteiger partial charge on any atom is -0.464 e. The van der Waals surface area contributed by atoms with Crippen molar-refractivity contribution in [3.8, 4) is 0 Å². The lowest BCUT2D eigenvalue weighted by atomic mass is 10.2. The topological polar surface area (TPSA) is 112 Å². The first-order valence-corrected chi connectivity index (χ1v) is 11.2. The van der Waals surface area contributed by atoms with Gasteiger partial charge in [0.25, 0.3) is 0 Å². The summed E-state index contributed by atoms with van der Waals surface area (Å²) in [6.07, 6.45) is 8.18. The summed E-state index contributed by atoms with van der Waals surface area (Å²) in [5.41, 5.74) is 2.08. The van der Waals surface area contributed by atoms with E-state index >= 15 is 0 Å². The summed E-state index contributed by atoms with van der Waals surface area (Å²) >= 11 is 0. The van der Waals surface area contributed by atoms with Crippen LogP contribution in [0.15, 0.2) is 30.7 Å². The van der Waals surface area contributed by atoms with Gasteiger partial charge in [-0.05, 0) is 38.3 Å². The first-order valence-electron chi connectivity index (χ1n) is 11.2. The number of rotatable bonds is 9. The number of pyridine rings is 1. The monoisotopic (exact) mass is 454 g/mol. The van der Waals surface area contributed by atoms with Gasteiger partial charge in [-0.1, -0.05) is 0 Å². The van der Waals surface area contributed by atoms with Crippen molar-refractivity contribution in [2.45, 2.75) is 58.3 Å². The number of anilines is 2. The SMILES string of the molecule is COC(=O)c1c(NC(C)=O)c2cc(NC(C)CCn3cccn3)cnc2n1CC1CCCO1. The van der Waals surface area contributed by atoms with Gasteiger partial charge in [-0.15, -0.1) is 0 Å². The van der Waals surface area contributed by atoms with Crippen molar-refractivity contribution < 1.29 is 19.1 Å². The zero-order valence-electron chi connectivity index (χ0n) is 19.2. The van der Waals surface area contributed by atoms with E-state index in [0.717, 1.165) is 31.5 Å². The van der Waals surface area contributed by atoms with Gasteiger partial charge >= 0.3 is 5.97 Å². The molecule has 1 aliphatic heterocycles. The highest BCUT2D eigenvalue weighted by Gasteiger charge is 2.28. The first-order chi connectivity index (χ1) is 16.0. The molecule has 176 valence electrons. The Hall–Kier alpha value is -3.40. The van der Waals surface area contributed by atoms with Crippen LogP contribution in [0.5, 0.6) is 0 Å². The predicted octanol–water partition coefficient (Wildman–Crippen LogP) is 3.05. The fourth-order valence-corrected chi connectivity index (χ4v) is 4.20. The van der Waals surface area contributed by atoms with Gasteiger partial charge in [0.1, 0.15) is 5.65 Å². The molecule has 10 nitrogen and oxygen atoms in total. The third-order valence-electron chi connectivity index (χ3n) is 5.75. The van der Waals surface area contributed by atoms with E-state index in [4.69, 9.17) is 9.47 Å². The van der Waals surface area contributed by atoms with Crippen molar-refractivity contribution >= 4 is 34.3 Å². The van der Waals surface area contributed by atoms with E-state index in [1.807, 2.05) is 23.0 Å². The summed E-state index contributed by atoms with van der Waals surface area (Å²) in [7, 11) is 1.33. The molecule has 4 rings (SSSR count). The molecular formula is C23H30N6O4. The molecule has 1 fully saturated rings. The molecule has 0 spiro atoms. The van der Waals surface area contributed by atoms with Crippen LogP contribution in [0.4, 0.5) is 11.4 Å². The summed E-state index contributed by atoms with van der Waals surface area (Å²) in [5.74, 6) is -0.806. The average Bonchev–Trinajstić information content (AvgIpc) is 3.54. The number of aryl methyl sites for hydroxylation is 1. The van der Waals surface area contributed by atoms with Crippen molar-refractivity contribution in [3.05, 3.63) is 36.4 Å². The van der Waals surface area contributed by atoms with Gasteiger partial charge in [-0.25, -0.2) is 9.78 Å². The van der Waals surface area contributed by atoms with E-state index in [0.29, 0.717) is 29.9 Å². The number of fused-ring (bicyclic) bond motifs is 1. The normalized spacial score (nSPS) is 16.6. The fourth-order valence-electron chi connectivity index (χ4n) is 4.20. The van der Waals surface area contributed by atoms with E-state index in [1.165, 1.54) is 14.0 Å². The number of hydrogen-bond acceptors (Lipinski definition) is 7. The number of esters is 1. The van der Waals surface area contributed by atoms with E-state index in [1.54, 1.807) is 17.0 Å². The molecule has 2 atom stereocenters. The maximum Gasteiger partial charge on any atom is 0.356 e. The Labute approximate surface area is 192 Å². The molecule has 2 N–H and O–H groups in total. The Morgan fingerprint density at radius 2 is 2.24 bits per heavy atom. The van der Waals surface area contributed by atoms with Crippen molar-refractivity contribution in [2.75, 3.05) is 24.4 Å². The van der Waals surface area contributed by atoms with E-state index < -0.39 is 5.97 Å². The van der Waals surface area contributed by atoms with Crippen molar-refractivity contribution in [2.24, 2.45) is 0 Å². The molecule has 1 aliphatic rings. The minimum atomic E-state index is -0.531. The van der Waals surface area contributed by atoms with Gasteiger partial charge < -0.3 is 24.7 Å². The summed E-state index contributed by atoms with van der Waals surface area (Å²) < 4.78 is 14.5. The van der Waals surface area contributed by atoms with Gasteiger partial charge in [-0.2, -0.15) is 5.10 Å². The third kappa shape index (κ3) is 5.16. The first kappa shape index (κ1) is 22.8. The van der Waals surface area contributed by atoms with Gasteiger partial charge in [0.15, 0.2) is 5.69 Å². The Balaban J connectivity index is 1.67. The van der Waals surface area contributed by atoms with Crippen LogP contribution in [-0.4, -0.2) is 57.1 Å². The van der Waals surface area contributed by atoms with E-state index in [2.05, 4.69) is 27.6 Å². The van der Waals surface area contributed by atoms with Gasteiger partial charge in [0.2, 0.25) is 5.91 Å². The molecule has 0 radical (unpaired) electrons. The lowest BCUT2D eigenvalue weighted by Gasteiger charge is -2.16. The third-order valence-corrected chi connectivity index (χ3v) is 5.75. The lowest BCUT2D eigenvalue weighted by molar-refractivity contribution is -0.114. The lowest BCUT2D eigenvalue weighted by Crippen LogP contribution is -2.21. The quantitative estimate of drug-likeness (QED) is 0.478. The number of nitrogens with one attached hydrogen (secondary N) is 2. The molecule has 0 aliphatic carbocycles. The smallest absolute Gasteiger partial charge is 0.356 e. The second-order valence-corrected chi connectivity index (χ2v) is 8.34.